The Balaban J connectivity index is 1.28. The van der Waals surface area contributed by atoms with Crippen molar-refractivity contribution in [3.05, 3.63) is 41.0 Å². The summed E-state index contributed by atoms with van der Waals surface area (Å²) in [5.74, 6) is -1.56. The van der Waals surface area contributed by atoms with Crippen molar-refractivity contribution in [2.45, 2.75) is 57.2 Å². The number of hydrogen-bond donors (Lipinski definition) is 4. The Morgan fingerprint density at radius 2 is 1.63 bits per heavy atom. The van der Waals surface area contributed by atoms with E-state index < -0.39 is 17.1 Å². The summed E-state index contributed by atoms with van der Waals surface area (Å²) in [6.45, 7) is 7.33. The summed E-state index contributed by atoms with van der Waals surface area (Å²) < 4.78 is 28.6. The lowest BCUT2D eigenvalue weighted by Gasteiger charge is -2.40. The van der Waals surface area contributed by atoms with Gasteiger partial charge in [-0.1, -0.05) is 6.07 Å². The van der Waals surface area contributed by atoms with Crippen LogP contribution in [0.1, 0.15) is 56.2 Å². The molecule has 1 aliphatic heterocycles. The number of benzene rings is 2. The van der Waals surface area contributed by atoms with E-state index in [9.17, 15) is 25.2 Å². The highest BCUT2D eigenvalue weighted by Crippen LogP contribution is 2.57. The van der Waals surface area contributed by atoms with E-state index >= 15 is 0 Å². The lowest BCUT2D eigenvalue weighted by Crippen LogP contribution is -2.47. The number of phenolic OH excluding ortho intramolecular Hbond substituents is 4. The van der Waals surface area contributed by atoms with Crippen molar-refractivity contribution >= 4 is 5.97 Å². The number of hydrogen-bond acceptors (Lipinski definition) is 10. The minimum atomic E-state index is -0.847. The molecule has 1 heterocycles. The zero-order chi connectivity index (χ0) is 27.5. The van der Waals surface area contributed by atoms with Gasteiger partial charge in [-0.05, 0) is 56.5 Å². The van der Waals surface area contributed by atoms with Crippen LogP contribution in [-0.4, -0.2) is 77.2 Å². The van der Waals surface area contributed by atoms with Crippen molar-refractivity contribution < 1.29 is 48.9 Å². The van der Waals surface area contributed by atoms with E-state index in [4.69, 9.17) is 23.7 Å². The third-order valence-electron chi connectivity index (χ3n) is 6.55. The van der Waals surface area contributed by atoms with E-state index in [1.807, 2.05) is 20.8 Å². The van der Waals surface area contributed by atoms with E-state index in [0.29, 0.717) is 51.3 Å². The van der Waals surface area contributed by atoms with Crippen molar-refractivity contribution in [2.75, 3.05) is 39.6 Å². The molecular weight excluding hydrogens is 496 g/mol. The lowest BCUT2D eigenvalue weighted by molar-refractivity contribution is -0.155. The molecule has 2 atom stereocenters. The molecule has 0 saturated heterocycles. The Hall–Kier alpha value is -3.21. The zero-order valence-electron chi connectivity index (χ0n) is 22.0. The summed E-state index contributed by atoms with van der Waals surface area (Å²) in [6, 6.07) is 6.09. The van der Waals surface area contributed by atoms with Crippen LogP contribution in [0.4, 0.5) is 0 Å². The van der Waals surface area contributed by atoms with Crippen LogP contribution in [0.2, 0.25) is 0 Å². The monoisotopic (exact) mass is 532 g/mol. The minimum absolute atomic E-state index is 0.0959. The highest BCUT2D eigenvalue weighted by molar-refractivity contribution is 5.69. The second kappa shape index (κ2) is 11.3. The third kappa shape index (κ3) is 6.09. The summed E-state index contributed by atoms with van der Waals surface area (Å²) in [5, 5.41) is 40.5. The Kier molecular flexibility index (Phi) is 8.25. The summed E-state index contributed by atoms with van der Waals surface area (Å²) in [5.41, 5.74) is 0.846. The number of ether oxygens (including phenoxy) is 5. The standard InChI is InChI=1S/C28H36O10/c1-27(2,3)38-23(32)5-4-8-34-9-10-35-11-12-37-28-15-17-13-21(30)22(31)14-19(17)24(28)18-6-7-20(29)25(33)26(18)36-16-28/h6-7,13-14,24,29-31,33H,4-5,8-12,15-16H2,1-3H3. The average Bonchev–Trinajstić information content (AvgIpc) is 3.15. The Morgan fingerprint density at radius 3 is 2.37 bits per heavy atom. The third-order valence-corrected chi connectivity index (χ3v) is 6.55. The summed E-state index contributed by atoms with van der Waals surface area (Å²) in [4.78, 5) is 11.7. The van der Waals surface area contributed by atoms with Crippen LogP contribution in [0.15, 0.2) is 24.3 Å². The second-order valence-electron chi connectivity index (χ2n) is 10.6. The molecule has 0 bridgehead atoms. The van der Waals surface area contributed by atoms with Crippen LogP contribution in [0.5, 0.6) is 28.7 Å². The molecule has 1 aliphatic carbocycles. The maximum absolute atomic E-state index is 11.7. The molecule has 2 aliphatic rings. The van der Waals surface area contributed by atoms with Gasteiger partial charge < -0.3 is 44.1 Å². The van der Waals surface area contributed by atoms with Gasteiger partial charge in [0.25, 0.3) is 0 Å². The van der Waals surface area contributed by atoms with Crippen LogP contribution < -0.4 is 4.74 Å². The van der Waals surface area contributed by atoms with Gasteiger partial charge in [-0.2, -0.15) is 0 Å². The van der Waals surface area contributed by atoms with Gasteiger partial charge in [0.1, 0.15) is 17.8 Å². The molecule has 0 spiro atoms. The predicted octanol–water partition coefficient (Wildman–Crippen LogP) is 3.50. The molecule has 208 valence electrons. The first-order valence-electron chi connectivity index (χ1n) is 12.7. The number of aromatic hydroxyl groups is 4. The topological polar surface area (TPSA) is 144 Å². The Bertz CT molecular complexity index is 1160. The molecule has 4 rings (SSSR count). The first-order valence-corrected chi connectivity index (χ1v) is 12.7. The van der Waals surface area contributed by atoms with Gasteiger partial charge in [0, 0.05) is 30.9 Å². The molecule has 2 unspecified atom stereocenters. The highest BCUT2D eigenvalue weighted by atomic mass is 16.6. The molecule has 2 aromatic carbocycles. The van der Waals surface area contributed by atoms with E-state index in [1.165, 1.54) is 18.2 Å². The first kappa shape index (κ1) is 27.8. The fourth-order valence-electron chi connectivity index (χ4n) is 5.01. The van der Waals surface area contributed by atoms with Gasteiger partial charge in [-0.15, -0.1) is 0 Å². The van der Waals surface area contributed by atoms with Gasteiger partial charge in [0.15, 0.2) is 23.0 Å². The lowest BCUT2D eigenvalue weighted by atomic mass is 9.80. The van der Waals surface area contributed by atoms with Crippen molar-refractivity contribution in [2.24, 2.45) is 0 Å². The van der Waals surface area contributed by atoms with E-state index in [2.05, 4.69) is 0 Å². The van der Waals surface area contributed by atoms with Gasteiger partial charge >= 0.3 is 5.97 Å². The number of carbonyl (C=O) groups excluding carboxylic acids is 1. The van der Waals surface area contributed by atoms with Crippen LogP contribution >= 0.6 is 0 Å². The van der Waals surface area contributed by atoms with Gasteiger partial charge in [0.05, 0.1) is 26.4 Å². The van der Waals surface area contributed by atoms with Crippen LogP contribution in [0.3, 0.4) is 0 Å². The highest BCUT2D eigenvalue weighted by Gasteiger charge is 2.53. The molecule has 0 amide bonds. The summed E-state index contributed by atoms with van der Waals surface area (Å²) in [6.07, 6.45) is 1.29. The molecule has 2 aromatic rings. The quantitative estimate of drug-likeness (QED) is 0.193. The van der Waals surface area contributed by atoms with Crippen LogP contribution in [0.25, 0.3) is 0 Å². The minimum Gasteiger partial charge on any atom is -0.504 e. The number of esters is 1. The predicted molar refractivity (Wildman–Crippen MR) is 136 cm³/mol. The van der Waals surface area contributed by atoms with Crippen LogP contribution in [0, 0.1) is 0 Å². The smallest absolute Gasteiger partial charge is 0.306 e. The van der Waals surface area contributed by atoms with E-state index in [1.54, 1.807) is 6.07 Å². The van der Waals surface area contributed by atoms with Crippen molar-refractivity contribution in [3.63, 3.8) is 0 Å². The van der Waals surface area contributed by atoms with Gasteiger partial charge in [0.2, 0.25) is 5.75 Å². The normalized spacial score (nSPS) is 19.8. The van der Waals surface area contributed by atoms with Crippen molar-refractivity contribution in [3.8, 4) is 28.7 Å². The van der Waals surface area contributed by atoms with Gasteiger partial charge in [-0.3, -0.25) is 4.79 Å². The SMILES string of the molecule is CC(C)(C)OC(=O)CCCOCCOCCOC12COc3c(ccc(O)c3O)C1c1cc(O)c(O)cc1C2. The van der Waals surface area contributed by atoms with Gasteiger partial charge in [-0.25, -0.2) is 0 Å². The average molecular weight is 533 g/mol. The fraction of sp³-hybridized carbons (Fsp3) is 0.536. The van der Waals surface area contributed by atoms with Crippen molar-refractivity contribution in [1.29, 1.82) is 0 Å². The van der Waals surface area contributed by atoms with E-state index in [0.717, 1.165) is 11.1 Å². The Labute approximate surface area is 221 Å². The fourth-order valence-corrected chi connectivity index (χ4v) is 5.01. The molecule has 4 N–H and O–H groups in total. The van der Waals surface area contributed by atoms with Crippen LogP contribution in [-0.2, 0) is 30.2 Å². The van der Waals surface area contributed by atoms with E-state index in [-0.39, 0.29) is 47.9 Å². The number of fused-ring (bicyclic) bond motifs is 5. The summed E-state index contributed by atoms with van der Waals surface area (Å²) in [7, 11) is 0. The second-order valence-corrected chi connectivity index (χ2v) is 10.6. The number of phenols is 4. The first-order chi connectivity index (χ1) is 18.0. The summed E-state index contributed by atoms with van der Waals surface area (Å²) >= 11 is 0. The molecule has 0 radical (unpaired) electrons. The maximum Gasteiger partial charge on any atom is 0.306 e. The van der Waals surface area contributed by atoms with Crippen molar-refractivity contribution in [1.82, 2.24) is 0 Å². The molecule has 38 heavy (non-hydrogen) atoms. The molecule has 0 fully saturated rings. The zero-order valence-corrected chi connectivity index (χ0v) is 22.0. The molecule has 0 aromatic heterocycles. The number of carbonyl (C=O) groups is 1. The Morgan fingerprint density at radius 1 is 0.947 bits per heavy atom. The number of rotatable bonds is 11. The largest absolute Gasteiger partial charge is 0.504 e. The maximum atomic E-state index is 11.7. The molecule has 10 nitrogen and oxygen atoms in total. The molecule has 10 heteroatoms. The molecule has 0 saturated carbocycles. The molecular formula is C28H36O10.